The molecule has 1 aromatic carbocycles. The van der Waals surface area contributed by atoms with Crippen LogP contribution in [-0.2, 0) is 9.53 Å². The first-order valence-electron chi connectivity index (χ1n) is 7.67. The fourth-order valence-electron chi connectivity index (χ4n) is 1.95. The number of hydrogen-bond donors (Lipinski definition) is 1. The molecule has 1 aromatic rings. The fourth-order valence-corrected chi connectivity index (χ4v) is 1.95. The van der Waals surface area contributed by atoms with Crippen molar-refractivity contribution in [1.82, 2.24) is 5.43 Å². The zero-order valence-electron chi connectivity index (χ0n) is 13.3. The number of ether oxygens (including phenoxy) is 1. The van der Waals surface area contributed by atoms with Crippen LogP contribution in [0.15, 0.2) is 29.4 Å². The third kappa shape index (κ3) is 7.02. The lowest BCUT2D eigenvalue weighted by Crippen LogP contribution is -2.16. The average Bonchev–Trinajstić information content (AvgIpc) is 2.54. The fraction of sp³-hybridized carbons (Fsp3) is 0.471. The van der Waals surface area contributed by atoms with Gasteiger partial charge in [0.1, 0.15) is 0 Å². The number of hydrazone groups is 1. The van der Waals surface area contributed by atoms with Crippen molar-refractivity contribution in [3.8, 4) is 0 Å². The van der Waals surface area contributed by atoms with E-state index < -0.39 is 0 Å². The molecule has 1 N–H and O–H groups in total. The Kier molecular flexibility index (Phi) is 8.57. The highest BCUT2D eigenvalue weighted by Gasteiger charge is 2.03. The van der Waals surface area contributed by atoms with Gasteiger partial charge in [0, 0.05) is 6.42 Å². The first kappa shape index (κ1) is 17.9. The minimum absolute atomic E-state index is 0.0704. The Morgan fingerprint density at radius 1 is 1.14 bits per heavy atom. The second-order valence-corrected chi connectivity index (χ2v) is 5.07. The smallest absolute Gasteiger partial charge is 0.337 e. The predicted molar refractivity (Wildman–Crippen MR) is 86.9 cm³/mol. The second kappa shape index (κ2) is 10.5. The van der Waals surface area contributed by atoms with Crippen molar-refractivity contribution in [2.45, 2.75) is 45.4 Å². The molecular formula is C17H24N2O3. The summed E-state index contributed by atoms with van der Waals surface area (Å²) in [5.74, 6) is -0.446. The van der Waals surface area contributed by atoms with E-state index in [9.17, 15) is 9.59 Å². The van der Waals surface area contributed by atoms with Crippen LogP contribution in [-0.4, -0.2) is 25.2 Å². The van der Waals surface area contributed by atoms with E-state index in [-0.39, 0.29) is 11.9 Å². The molecule has 1 rings (SSSR count). The number of carbonyl (C=O) groups is 2. The maximum absolute atomic E-state index is 11.6. The molecule has 0 aliphatic heterocycles. The van der Waals surface area contributed by atoms with Gasteiger partial charge in [-0.25, -0.2) is 10.2 Å². The molecule has 5 nitrogen and oxygen atoms in total. The van der Waals surface area contributed by atoms with Crippen LogP contribution in [0.2, 0.25) is 0 Å². The molecule has 0 bridgehead atoms. The first-order chi connectivity index (χ1) is 10.7. The maximum Gasteiger partial charge on any atom is 0.337 e. The lowest BCUT2D eigenvalue weighted by atomic mass is 10.1. The summed E-state index contributed by atoms with van der Waals surface area (Å²) >= 11 is 0. The van der Waals surface area contributed by atoms with Gasteiger partial charge in [0.25, 0.3) is 0 Å². The van der Waals surface area contributed by atoms with Crippen molar-refractivity contribution in [3.05, 3.63) is 35.4 Å². The van der Waals surface area contributed by atoms with Gasteiger partial charge in [0.15, 0.2) is 0 Å². The quantitative estimate of drug-likeness (QED) is 0.329. The Morgan fingerprint density at radius 3 is 2.45 bits per heavy atom. The molecule has 120 valence electrons. The van der Waals surface area contributed by atoms with Crippen molar-refractivity contribution in [2.75, 3.05) is 7.11 Å². The number of hydrogen-bond acceptors (Lipinski definition) is 4. The van der Waals surface area contributed by atoms with Crippen molar-refractivity contribution < 1.29 is 14.3 Å². The third-order valence-corrected chi connectivity index (χ3v) is 3.24. The van der Waals surface area contributed by atoms with Gasteiger partial charge in [-0.2, -0.15) is 5.10 Å². The van der Waals surface area contributed by atoms with Crippen molar-refractivity contribution in [2.24, 2.45) is 5.10 Å². The molecule has 0 aliphatic carbocycles. The zero-order chi connectivity index (χ0) is 16.2. The molecule has 0 aromatic heterocycles. The largest absolute Gasteiger partial charge is 0.465 e. The molecule has 1 amide bonds. The van der Waals surface area contributed by atoms with E-state index in [0.29, 0.717) is 12.0 Å². The summed E-state index contributed by atoms with van der Waals surface area (Å²) in [6.45, 7) is 2.17. The maximum atomic E-state index is 11.6. The Labute approximate surface area is 131 Å². The van der Waals surface area contributed by atoms with E-state index in [1.807, 2.05) is 0 Å². The van der Waals surface area contributed by atoms with Crippen molar-refractivity contribution >= 4 is 18.1 Å². The highest BCUT2D eigenvalue weighted by atomic mass is 16.5. The van der Waals surface area contributed by atoms with Crippen LogP contribution in [0.1, 0.15) is 61.4 Å². The minimum Gasteiger partial charge on any atom is -0.465 e. The molecule has 0 fully saturated rings. The monoisotopic (exact) mass is 304 g/mol. The molecular weight excluding hydrogens is 280 g/mol. The Hall–Kier alpha value is -2.17. The summed E-state index contributed by atoms with van der Waals surface area (Å²) in [4.78, 5) is 22.8. The second-order valence-electron chi connectivity index (χ2n) is 5.07. The standard InChI is InChI=1S/C17H24N2O3/c1-3-4-5-6-7-8-16(20)19-18-13-14-9-11-15(12-10-14)17(21)22-2/h9-13H,3-8H2,1-2H3,(H,19,20)/b18-13-. The number of unbranched alkanes of at least 4 members (excludes halogenated alkanes) is 4. The number of benzene rings is 1. The normalized spacial score (nSPS) is 10.6. The van der Waals surface area contributed by atoms with E-state index in [0.717, 1.165) is 18.4 Å². The van der Waals surface area contributed by atoms with E-state index in [1.54, 1.807) is 30.5 Å². The van der Waals surface area contributed by atoms with E-state index in [2.05, 4.69) is 22.2 Å². The van der Waals surface area contributed by atoms with Gasteiger partial charge in [-0.3, -0.25) is 4.79 Å². The summed E-state index contributed by atoms with van der Waals surface area (Å²) in [5, 5.41) is 3.91. The summed E-state index contributed by atoms with van der Waals surface area (Å²) in [5.41, 5.74) is 3.79. The summed E-state index contributed by atoms with van der Waals surface area (Å²) in [7, 11) is 1.34. The molecule has 0 aliphatic rings. The first-order valence-corrected chi connectivity index (χ1v) is 7.67. The van der Waals surface area contributed by atoms with Gasteiger partial charge in [-0.15, -0.1) is 0 Å². The van der Waals surface area contributed by atoms with Crippen LogP contribution < -0.4 is 5.43 Å². The van der Waals surface area contributed by atoms with Gasteiger partial charge >= 0.3 is 5.97 Å². The number of carbonyl (C=O) groups excluding carboxylic acids is 2. The topological polar surface area (TPSA) is 67.8 Å². The average molecular weight is 304 g/mol. The van der Waals surface area contributed by atoms with Crippen LogP contribution >= 0.6 is 0 Å². The number of nitrogens with one attached hydrogen (secondary N) is 1. The Balaban J connectivity index is 2.30. The van der Waals surface area contributed by atoms with Gasteiger partial charge in [-0.05, 0) is 24.1 Å². The van der Waals surface area contributed by atoms with Crippen LogP contribution in [0.4, 0.5) is 0 Å². The van der Waals surface area contributed by atoms with E-state index >= 15 is 0 Å². The van der Waals surface area contributed by atoms with Gasteiger partial charge in [0.2, 0.25) is 5.91 Å². The van der Waals surface area contributed by atoms with Crippen molar-refractivity contribution in [3.63, 3.8) is 0 Å². The summed E-state index contributed by atoms with van der Waals surface area (Å²) in [6.07, 6.45) is 7.64. The lowest BCUT2D eigenvalue weighted by molar-refractivity contribution is -0.121. The third-order valence-electron chi connectivity index (χ3n) is 3.24. The molecule has 0 atom stereocenters. The predicted octanol–water partition coefficient (Wildman–Crippen LogP) is 3.28. The number of rotatable bonds is 9. The minimum atomic E-state index is -0.375. The molecule has 0 spiro atoms. The molecule has 0 saturated heterocycles. The van der Waals surface area contributed by atoms with E-state index in [4.69, 9.17) is 0 Å². The molecule has 22 heavy (non-hydrogen) atoms. The number of esters is 1. The van der Waals surface area contributed by atoms with Crippen LogP contribution in [0.25, 0.3) is 0 Å². The molecule has 5 heteroatoms. The van der Waals surface area contributed by atoms with Gasteiger partial charge in [0.05, 0.1) is 18.9 Å². The molecule has 0 heterocycles. The lowest BCUT2D eigenvalue weighted by Gasteiger charge is -2.01. The summed E-state index contributed by atoms with van der Waals surface area (Å²) in [6, 6.07) is 6.80. The van der Waals surface area contributed by atoms with Crippen molar-refractivity contribution in [1.29, 1.82) is 0 Å². The number of methoxy groups -OCH3 is 1. The Morgan fingerprint density at radius 2 is 1.82 bits per heavy atom. The highest BCUT2D eigenvalue weighted by molar-refractivity contribution is 5.90. The van der Waals surface area contributed by atoms with Gasteiger partial charge < -0.3 is 4.74 Å². The zero-order valence-corrected chi connectivity index (χ0v) is 13.3. The highest BCUT2D eigenvalue weighted by Crippen LogP contribution is 2.05. The van der Waals surface area contributed by atoms with Gasteiger partial charge in [-0.1, -0.05) is 44.7 Å². The molecule has 0 radical (unpaired) electrons. The van der Waals surface area contributed by atoms with Crippen LogP contribution in [0.5, 0.6) is 0 Å². The number of nitrogens with zero attached hydrogens (tertiary/aromatic N) is 1. The summed E-state index contributed by atoms with van der Waals surface area (Å²) < 4.78 is 4.62. The van der Waals surface area contributed by atoms with E-state index in [1.165, 1.54) is 26.4 Å². The van der Waals surface area contributed by atoms with Crippen LogP contribution in [0, 0.1) is 0 Å². The van der Waals surface area contributed by atoms with Crippen LogP contribution in [0.3, 0.4) is 0 Å². The number of amides is 1. The molecule has 0 unspecified atom stereocenters. The molecule has 0 saturated carbocycles. The Bertz CT molecular complexity index is 495. The SMILES string of the molecule is CCCCCCCC(=O)N/N=C\c1ccc(C(=O)OC)cc1.